The van der Waals surface area contributed by atoms with Crippen molar-refractivity contribution in [2.24, 2.45) is 5.73 Å². The molecule has 0 aliphatic carbocycles. The van der Waals surface area contributed by atoms with Crippen molar-refractivity contribution in [3.8, 4) is 0 Å². The number of rotatable bonds is 5. The van der Waals surface area contributed by atoms with Crippen LogP contribution in [0.25, 0.3) is 0 Å². The molecule has 3 rings (SSSR count). The number of carbonyl (C=O) groups excluding carboxylic acids is 1. The largest absolute Gasteiger partial charge is 0.444 e. The van der Waals surface area contributed by atoms with Crippen molar-refractivity contribution < 1.29 is 14.3 Å². The molecule has 0 spiro atoms. The zero-order valence-corrected chi connectivity index (χ0v) is 14.8. The van der Waals surface area contributed by atoms with Gasteiger partial charge in [-0.15, -0.1) is 0 Å². The molecule has 0 saturated heterocycles. The number of nitrogens with zero attached hydrogens (tertiary/aromatic N) is 1. The van der Waals surface area contributed by atoms with Gasteiger partial charge < -0.3 is 15.2 Å². The first kappa shape index (κ1) is 18.2. The van der Waals surface area contributed by atoms with E-state index >= 15 is 0 Å². The van der Waals surface area contributed by atoms with Crippen molar-refractivity contribution in [2.45, 2.75) is 38.4 Å². The summed E-state index contributed by atoms with van der Waals surface area (Å²) >= 11 is 0. The highest BCUT2D eigenvalue weighted by molar-refractivity contribution is 5.69. The first-order chi connectivity index (χ1) is 12.6. The second kappa shape index (κ2) is 8.65. The van der Waals surface area contributed by atoms with Crippen molar-refractivity contribution >= 4 is 6.09 Å². The summed E-state index contributed by atoms with van der Waals surface area (Å²) in [5.74, 6) is 0. The molecular formula is C21H24N2O3. The summed E-state index contributed by atoms with van der Waals surface area (Å²) in [6, 6.07) is 19.0. The summed E-state index contributed by atoms with van der Waals surface area (Å²) in [6.45, 7) is 2.52. The Kier molecular flexibility index (Phi) is 6.04. The molecule has 2 aromatic carbocycles. The number of amides is 1. The molecular weight excluding hydrogens is 328 g/mol. The van der Waals surface area contributed by atoms with E-state index in [2.05, 4.69) is 0 Å². The molecule has 136 valence electrons. The van der Waals surface area contributed by atoms with Gasteiger partial charge in [0, 0.05) is 6.04 Å². The highest BCUT2D eigenvalue weighted by Gasteiger charge is 2.34. The quantitative estimate of drug-likeness (QED) is 0.837. The van der Waals surface area contributed by atoms with Gasteiger partial charge in [0.05, 0.1) is 12.6 Å². The van der Waals surface area contributed by atoms with Crippen molar-refractivity contribution in [2.75, 3.05) is 0 Å². The van der Waals surface area contributed by atoms with Gasteiger partial charge in [-0.1, -0.05) is 66.7 Å². The van der Waals surface area contributed by atoms with Crippen LogP contribution in [-0.2, 0) is 22.7 Å². The average Bonchev–Trinajstić information content (AvgIpc) is 2.68. The van der Waals surface area contributed by atoms with E-state index in [1.807, 2.05) is 79.7 Å². The maximum Gasteiger partial charge on any atom is 0.412 e. The maximum absolute atomic E-state index is 12.7. The Hall–Kier alpha value is -2.63. The van der Waals surface area contributed by atoms with Crippen LogP contribution < -0.4 is 5.73 Å². The molecule has 0 bridgehead atoms. The van der Waals surface area contributed by atoms with Crippen LogP contribution >= 0.6 is 0 Å². The molecule has 3 atom stereocenters. The van der Waals surface area contributed by atoms with E-state index in [9.17, 15) is 4.79 Å². The molecule has 2 N–H and O–H groups in total. The molecule has 0 fully saturated rings. The monoisotopic (exact) mass is 352 g/mol. The minimum absolute atomic E-state index is 0.216. The molecule has 1 aliphatic rings. The first-order valence-corrected chi connectivity index (χ1v) is 8.73. The molecule has 2 aromatic rings. The predicted molar refractivity (Wildman–Crippen MR) is 100 cm³/mol. The Balaban J connectivity index is 1.66. The van der Waals surface area contributed by atoms with Crippen LogP contribution in [-0.4, -0.2) is 29.3 Å². The summed E-state index contributed by atoms with van der Waals surface area (Å²) < 4.78 is 11.4. The standard InChI is InChI=1S/C21H24N2O3/c1-16-19(22)12-13-20(25-14-17-8-4-2-5-9-17)23(16)21(24)26-15-18-10-6-3-7-11-18/h2-13,16,19-20H,14-15,22H2,1H3/t16-,19-,20+/m1/s1. The molecule has 0 unspecified atom stereocenters. The van der Waals surface area contributed by atoms with Crippen LogP contribution in [0.3, 0.4) is 0 Å². The van der Waals surface area contributed by atoms with E-state index in [-0.39, 0.29) is 18.7 Å². The fraction of sp³-hybridized carbons (Fsp3) is 0.286. The Morgan fingerprint density at radius 3 is 2.15 bits per heavy atom. The lowest BCUT2D eigenvalue weighted by Gasteiger charge is -2.39. The minimum Gasteiger partial charge on any atom is -0.444 e. The number of ether oxygens (including phenoxy) is 2. The van der Waals surface area contributed by atoms with Crippen LogP contribution in [0, 0.1) is 0 Å². The highest BCUT2D eigenvalue weighted by Crippen LogP contribution is 2.20. The number of nitrogens with two attached hydrogens (primary N) is 1. The first-order valence-electron chi connectivity index (χ1n) is 8.73. The second-order valence-electron chi connectivity index (χ2n) is 6.34. The summed E-state index contributed by atoms with van der Waals surface area (Å²) in [5, 5.41) is 0. The van der Waals surface area contributed by atoms with Crippen molar-refractivity contribution in [3.63, 3.8) is 0 Å². The second-order valence-corrected chi connectivity index (χ2v) is 6.34. The van der Waals surface area contributed by atoms with Gasteiger partial charge in [0.15, 0.2) is 6.23 Å². The normalized spacial score (nSPS) is 22.2. The lowest BCUT2D eigenvalue weighted by molar-refractivity contribution is -0.0567. The highest BCUT2D eigenvalue weighted by atomic mass is 16.6. The van der Waals surface area contributed by atoms with Crippen molar-refractivity contribution in [3.05, 3.63) is 83.9 Å². The number of benzene rings is 2. The fourth-order valence-electron chi connectivity index (χ4n) is 2.85. The molecule has 26 heavy (non-hydrogen) atoms. The lowest BCUT2D eigenvalue weighted by atomic mass is 10.0. The van der Waals surface area contributed by atoms with Crippen molar-refractivity contribution in [1.82, 2.24) is 4.90 Å². The predicted octanol–water partition coefficient (Wildman–Crippen LogP) is 3.45. The van der Waals surface area contributed by atoms with Crippen molar-refractivity contribution in [1.29, 1.82) is 0 Å². The van der Waals surface area contributed by atoms with Gasteiger partial charge in [-0.2, -0.15) is 0 Å². The molecule has 5 heteroatoms. The number of hydrogen-bond donors (Lipinski definition) is 1. The van der Waals surface area contributed by atoms with E-state index < -0.39 is 12.3 Å². The van der Waals surface area contributed by atoms with Gasteiger partial charge in [-0.05, 0) is 24.1 Å². The Bertz CT molecular complexity index is 733. The Labute approximate surface area is 154 Å². The van der Waals surface area contributed by atoms with E-state index in [1.54, 1.807) is 4.90 Å². The van der Waals surface area contributed by atoms with E-state index in [4.69, 9.17) is 15.2 Å². The number of hydrogen-bond acceptors (Lipinski definition) is 4. The number of carbonyl (C=O) groups is 1. The molecule has 1 amide bonds. The third-order valence-electron chi connectivity index (χ3n) is 4.45. The van der Waals surface area contributed by atoms with Crippen LogP contribution in [0.2, 0.25) is 0 Å². The molecule has 1 heterocycles. The molecule has 0 radical (unpaired) electrons. The third kappa shape index (κ3) is 4.50. The lowest BCUT2D eigenvalue weighted by Crippen LogP contribution is -2.55. The van der Waals surface area contributed by atoms with Gasteiger partial charge in [-0.3, -0.25) is 4.90 Å². The van der Waals surface area contributed by atoms with Gasteiger partial charge in [0.25, 0.3) is 0 Å². The Morgan fingerprint density at radius 1 is 0.962 bits per heavy atom. The molecule has 1 aliphatic heterocycles. The third-order valence-corrected chi connectivity index (χ3v) is 4.45. The van der Waals surface area contributed by atoms with Gasteiger partial charge in [0.2, 0.25) is 0 Å². The summed E-state index contributed by atoms with van der Waals surface area (Å²) in [4.78, 5) is 14.2. The van der Waals surface area contributed by atoms with Crippen LogP contribution in [0.4, 0.5) is 4.79 Å². The molecule has 0 saturated carbocycles. The van der Waals surface area contributed by atoms with Crippen LogP contribution in [0.1, 0.15) is 18.1 Å². The maximum atomic E-state index is 12.7. The Morgan fingerprint density at radius 2 is 1.54 bits per heavy atom. The summed E-state index contributed by atoms with van der Waals surface area (Å²) in [5.41, 5.74) is 8.07. The molecule has 0 aromatic heterocycles. The van der Waals surface area contributed by atoms with E-state index in [0.717, 1.165) is 11.1 Å². The molecule has 5 nitrogen and oxygen atoms in total. The topological polar surface area (TPSA) is 64.8 Å². The van der Waals surface area contributed by atoms with Crippen LogP contribution in [0.5, 0.6) is 0 Å². The van der Waals surface area contributed by atoms with Gasteiger partial charge in [0.1, 0.15) is 6.61 Å². The smallest absolute Gasteiger partial charge is 0.412 e. The zero-order chi connectivity index (χ0) is 18.4. The SMILES string of the molecule is C[C@@H]1[C@H](N)C=C[C@H](OCc2ccccc2)N1C(=O)OCc1ccccc1. The zero-order valence-electron chi connectivity index (χ0n) is 14.8. The fourth-order valence-corrected chi connectivity index (χ4v) is 2.85. The van der Waals surface area contributed by atoms with Gasteiger partial charge >= 0.3 is 6.09 Å². The van der Waals surface area contributed by atoms with Crippen LogP contribution in [0.15, 0.2) is 72.8 Å². The minimum atomic E-state index is -0.506. The summed E-state index contributed by atoms with van der Waals surface area (Å²) in [7, 11) is 0. The van der Waals surface area contributed by atoms with Gasteiger partial charge in [-0.25, -0.2) is 4.79 Å². The summed E-state index contributed by atoms with van der Waals surface area (Å²) in [6.07, 6.45) is 2.76. The van der Waals surface area contributed by atoms with E-state index in [1.165, 1.54) is 0 Å². The average molecular weight is 352 g/mol. The van der Waals surface area contributed by atoms with E-state index in [0.29, 0.717) is 6.61 Å².